The normalized spacial score (nSPS) is 24.3. The van der Waals surface area contributed by atoms with E-state index in [0.29, 0.717) is 32.1 Å². The average molecular weight is 370 g/mol. The lowest BCUT2D eigenvalue weighted by Gasteiger charge is -2.20. The number of aliphatic hydroxyl groups is 1. The van der Waals surface area contributed by atoms with E-state index in [-0.39, 0.29) is 43.3 Å². The van der Waals surface area contributed by atoms with E-state index >= 15 is 0 Å². The Hall–Kier alpha value is -1.56. The van der Waals surface area contributed by atoms with Crippen molar-refractivity contribution in [3.8, 4) is 0 Å². The first-order chi connectivity index (χ1) is 12.4. The monoisotopic (exact) mass is 370 g/mol. The van der Waals surface area contributed by atoms with Gasteiger partial charge in [0.2, 0.25) is 0 Å². The number of ketones is 2. The third-order valence-corrected chi connectivity index (χ3v) is 5.04. The number of aliphatic carboxylic acids is 1. The summed E-state index contributed by atoms with van der Waals surface area (Å²) in [6.07, 6.45) is 5.45. The molecular weight excluding hydrogens is 339 g/mol. The van der Waals surface area contributed by atoms with Gasteiger partial charge in [-0.05, 0) is 38.0 Å². The SMILES string of the molecule is CCCCC(F)C(=O)CC[C@H]1[C@H](O)CC(=O)[C@@H]1C/C=C\CCCC(=O)O. The summed E-state index contributed by atoms with van der Waals surface area (Å²) < 4.78 is 13.8. The van der Waals surface area contributed by atoms with Crippen LogP contribution in [0.1, 0.15) is 71.1 Å². The van der Waals surface area contributed by atoms with Crippen LogP contribution in [0.25, 0.3) is 0 Å². The maximum Gasteiger partial charge on any atom is 0.303 e. The molecule has 2 N–H and O–H groups in total. The van der Waals surface area contributed by atoms with E-state index in [1.807, 2.05) is 19.1 Å². The van der Waals surface area contributed by atoms with Gasteiger partial charge in [-0.3, -0.25) is 14.4 Å². The van der Waals surface area contributed by atoms with Crippen LogP contribution >= 0.6 is 0 Å². The Morgan fingerprint density at radius 3 is 2.65 bits per heavy atom. The van der Waals surface area contributed by atoms with E-state index in [2.05, 4.69) is 0 Å². The number of unbranched alkanes of at least 4 members (excludes halogenated alkanes) is 2. The highest BCUT2D eigenvalue weighted by Gasteiger charge is 2.40. The molecular formula is C20H31FO5. The molecule has 26 heavy (non-hydrogen) atoms. The molecule has 1 fully saturated rings. The molecule has 0 spiro atoms. The molecule has 0 aromatic heterocycles. The second kappa shape index (κ2) is 11.9. The fourth-order valence-corrected chi connectivity index (χ4v) is 3.46. The Kier molecular flexibility index (Phi) is 10.3. The smallest absolute Gasteiger partial charge is 0.303 e. The minimum Gasteiger partial charge on any atom is -0.481 e. The quantitative estimate of drug-likeness (QED) is 0.381. The van der Waals surface area contributed by atoms with Crippen LogP contribution in [-0.4, -0.2) is 40.0 Å². The number of carboxylic acid groups (broad SMARTS) is 1. The van der Waals surface area contributed by atoms with Gasteiger partial charge < -0.3 is 10.2 Å². The molecule has 1 rings (SSSR count). The second-order valence-corrected chi connectivity index (χ2v) is 7.12. The van der Waals surface area contributed by atoms with Crippen molar-refractivity contribution in [1.82, 2.24) is 0 Å². The number of carbonyl (C=O) groups excluding carboxylic acids is 2. The zero-order chi connectivity index (χ0) is 19.5. The van der Waals surface area contributed by atoms with Crippen LogP contribution in [0.2, 0.25) is 0 Å². The summed E-state index contributed by atoms with van der Waals surface area (Å²) in [6.45, 7) is 1.94. The van der Waals surface area contributed by atoms with Gasteiger partial charge in [0, 0.05) is 25.2 Å². The predicted molar refractivity (Wildman–Crippen MR) is 96.5 cm³/mol. The van der Waals surface area contributed by atoms with Crippen LogP contribution in [0.3, 0.4) is 0 Å². The summed E-state index contributed by atoms with van der Waals surface area (Å²) in [5, 5.41) is 18.7. The Labute approximate surface area is 154 Å². The van der Waals surface area contributed by atoms with Crippen LogP contribution in [0.15, 0.2) is 12.2 Å². The van der Waals surface area contributed by atoms with Gasteiger partial charge in [-0.1, -0.05) is 31.9 Å². The fraction of sp³-hybridized carbons (Fsp3) is 0.750. The number of aliphatic hydroxyl groups excluding tert-OH is 1. The first-order valence-electron chi connectivity index (χ1n) is 9.61. The predicted octanol–water partition coefficient (Wildman–Crippen LogP) is 3.63. The Balaban J connectivity index is 2.46. The number of Topliss-reactive ketones (excluding diaryl/α,β-unsaturated/α-hetero) is 2. The van der Waals surface area contributed by atoms with Crippen molar-refractivity contribution in [2.24, 2.45) is 11.8 Å². The summed E-state index contributed by atoms with van der Waals surface area (Å²) in [7, 11) is 0. The van der Waals surface area contributed by atoms with E-state index in [9.17, 15) is 23.9 Å². The molecule has 1 aliphatic carbocycles. The van der Waals surface area contributed by atoms with Crippen molar-refractivity contribution in [3.63, 3.8) is 0 Å². The number of hydrogen-bond acceptors (Lipinski definition) is 4. The summed E-state index contributed by atoms with van der Waals surface area (Å²) in [6, 6.07) is 0. The third-order valence-electron chi connectivity index (χ3n) is 5.04. The fourth-order valence-electron chi connectivity index (χ4n) is 3.46. The summed E-state index contributed by atoms with van der Waals surface area (Å²) in [4.78, 5) is 34.4. The van der Waals surface area contributed by atoms with Gasteiger partial charge in [0.25, 0.3) is 0 Å². The van der Waals surface area contributed by atoms with Gasteiger partial charge in [-0.25, -0.2) is 4.39 Å². The minimum atomic E-state index is -1.45. The molecule has 148 valence electrons. The molecule has 1 saturated carbocycles. The van der Waals surface area contributed by atoms with Crippen LogP contribution < -0.4 is 0 Å². The Bertz CT molecular complexity index is 502. The van der Waals surface area contributed by atoms with E-state index in [1.165, 1.54) is 0 Å². The molecule has 4 atom stereocenters. The van der Waals surface area contributed by atoms with Gasteiger partial charge in [-0.2, -0.15) is 0 Å². The zero-order valence-electron chi connectivity index (χ0n) is 15.5. The lowest BCUT2D eigenvalue weighted by molar-refractivity contribution is -0.137. The van der Waals surface area contributed by atoms with Gasteiger partial charge in [-0.15, -0.1) is 0 Å². The number of allylic oxidation sites excluding steroid dienone is 2. The van der Waals surface area contributed by atoms with Gasteiger partial charge in [0.05, 0.1) is 6.10 Å². The summed E-state index contributed by atoms with van der Waals surface area (Å²) >= 11 is 0. The highest BCUT2D eigenvalue weighted by Crippen LogP contribution is 2.35. The molecule has 0 aliphatic heterocycles. The zero-order valence-corrected chi connectivity index (χ0v) is 15.5. The number of rotatable bonds is 13. The lowest BCUT2D eigenvalue weighted by atomic mass is 9.86. The van der Waals surface area contributed by atoms with Crippen LogP contribution in [0.4, 0.5) is 4.39 Å². The molecule has 0 heterocycles. The van der Waals surface area contributed by atoms with Crippen molar-refractivity contribution in [2.45, 2.75) is 83.4 Å². The van der Waals surface area contributed by atoms with Gasteiger partial charge in [0.1, 0.15) is 5.78 Å². The van der Waals surface area contributed by atoms with Crippen LogP contribution in [0, 0.1) is 11.8 Å². The third kappa shape index (κ3) is 7.77. The van der Waals surface area contributed by atoms with Gasteiger partial charge >= 0.3 is 5.97 Å². The molecule has 0 bridgehead atoms. The first kappa shape index (κ1) is 22.5. The van der Waals surface area contributed by atoms with E-state index in [1.54, 1.807) is 0 Å². The van der Waals surface area contributed by atoms with Crippen molar-refractivity contribution in [1.29, 1.82) is 0 Å². The molecule has 0 aromatic carbocycles. The van der Waals surface area contributed by atoms with Crippen molar-refractivity contribution < 1.29 is 29.0 Å². The maximum absolute atomic E-state index is 13.8. The second-order valence-electron chi connectivity index (χ2n) is 7.12. The summed E-state index contributed by atoms with van der Waals surface area (Å²) in [5.41, 5.74) is 0. The minimum absolute atomic E-state index is 0.0204. The van der Waals surface area contributed by atoms with Crippen LogP contribution in [0.5, 0.6) is 0 Å². The Morgan fingerprint density at radius 2 is 2.00 bits per heavy atom. The van der Waals surface area contributed by atoms with Crippen molar-refractivity contribution in [3.05, 3.63) is 12.2 Å². The molecule has 6 heteroatoms. The molecule has 5 nitrogen and oxygen atoms in total. The van der Waals surface area contributed by atoms with Crippen LogP contribution in [-0.2, 0) is 14.4 Å². The number of hydrogen-bond donors (Lipinski definition) is 2. The molecule has 0 saturated heterocycles. The van der Waals surface area contributed by atoms with E-state index in [0.717, 1.165) is 6.42 Å². The first-order valence-corrected chi connectivity index (χ1v) is 9.61. The Morgan fingerprint density at radius 1 is 1.27 bits per heavy atom. The molecule has 1 aliphatic rings. The molecule has 0 radical (unpaired) electrons. The standard InChI is InChI=1S/C20H31FO5/c1-2-3-9-16(21)17(22)12-11-15-14(18(23)13-19(15)24)8-6-4-5-7-10-20(25)26/h4,6,14-16,19,24H,2-3,5,7-13H2,1H3,(H,25,26)/b6-4-/t14-,15-,16?,19-/m1/s1. The number of carboxylic acids is 1. The number of halogens is 1. The van der Waals surface area contributed by atoms with Crippen molar-refractivity contribution in [2.75, 3.05) is 0 Å². The maximum atomic E-state index is 13.8. The number of carbonyl (C=O) groups is 3. The average Bonchev–Trinajstić information content (AvgIpc) is 2.86. The van der Waals surface area contributed by atoms with Gasteiger partial charge in [0.15, 0.2) is 12.0 Å². The molecule has 1 unspecified atom stereocenters. The highest BCUT2D eigenvalue weighted by atomic mass is 19.1. The number of alkyl halides is 1. The topological polar surface area (TPSA) is 91.7 Å². The highest BCUT2D eigenvalue weighted by molar-refractivity contribution is 5.85. The van der Waals surface area contributed by atoms with E-state index in [4.69, 9.17) is 5.11 Å². The molecule has 0 amide bonds. The largest absolute Gasteiger partial charge is 0.481 e. The summed E-state index contributed by atoms with van der Waals surface area (Å²) in [5.74, 6) is -1.95. The van der Waals surface area contributed by atoms with E-state index < -0.39 is 24.0 Å². The molecule has 0 aromatic rings. The van der Waals surface area contributed by atoms with Crippen molar-refractivity contribution >= 4 is 17.5 Å². The lowest BCUT2D eigenvalue weighted by Crippen LogP contribution is -2.23.